The number of benzene rings is 2. The lowest BCUT2D eigenvalue weighted by Crippen LogP contribution is -2.42. The van der Waals surface area contributed by atoms with E-state index in [9.17, 15) is 22.8 Å². The first kappa shape index (κ1) is 24.5. The third-order valence-electron chi connectivity index (χ3n) is 6.19. The van der Waals surface area contributed by atoms with Gasteiger partial charge in [-0.05, 0) is 24.5 Å². The molecule has 3 aromatic rings. The SMILES string of the molecule is CC(=O)OC(C(=O)N1CCC(c2nccn2Cc2ccccc2C(F)(F)F)CC1)c1ccccc1. The number of likely N-dealkylation sites (tertiary alicyclic amines) is 1. The minimum Gasteiger partial charge on any atom is -0.447 e. The molecule has 0 bridgehead atoms. The number of halogens is 3. The molecule has 184 valence electrons. The number of hydrogen-bond acceptors (Lipinski definition) is 4. The van der Waals surface area contributed by atoms with Crippen molar-refractivity contribution in [3.05, 3.63) is 89.5 Å². The smallest absolute Gasteiger partial charge is 0.416 e. The van der Waals surface area contributed by atoms with E-state index in [4.69, 9.17) is 4.74 Å². The molecule has 0 aliphatic carbocycles. The van der Waals surface area contributed by atoms with Crippen LogP contribution < -0.4 is 0 Å². The average molecular weight is 486 g/mol. The van der Waals surface area contributed by atoms with E-state index in [0.29, 0.717) is 37.3 Å². The molecule has 0 radical (unpaired) electrons. The first-order valence-corrected chi connectivity index (χ1v) is 11.4. The van der Waals surface area contributed by atoms with E-state index in [1.807, 2.05) is 6.07 Å². The fourth-order valence-corrected chi connectivity index (χ4v) is 4.51. The summed E-state index contributed by atoms with van der Waals surface area (Å²) >= 11 is 0. The summed E-state index contributed by atoms with van der Waals surface area (Å²) in [6.07, 6.45) is -0.955. The van der Waals surface area contributed by atoms with Gasteiger partial charge in [-0.2, -0.15) is 13.2 Å². The zero-order chi connectivity index (χ0) is 25.0. The molecule has 2 aromatic carbocycles. The Morgan fingerprint density at radius 3 is 2.37 bits per heavy atom. The second-order valence-corrected chi connectivity index (χ2v) is 8.57. The Kier molecular flexibility index (Phi) is 7.23. The van der Waals surface area contributed by atoms with Crippen LogP contribution >= 0.6 is 0 Å². The second kappa shape index (κ2) is 10.3. The molecule has 1 unspecified atom stereocenters. The van der Waals surface area contributed by atoms with Crippen LogP contribution in [0.4, 0.5) is 13.2 Å². The minimum atomic E-state index is -4.43. The number of ether oxygens (including phenoxy) is 1. The molecule has 1 atom stereocenters. The zero-order valence-electron chi connectivity index (χ0n) is 19.2. The van der Waals surface area contributed by atoms with Crippen molar-refractivity contribution >= 4 is 11.9 Å². The lowest BCUT2D eigenvalue weighted by molar-refractivity contribution is -0.159. The summed E-state index contributed by atoms with van der Waals surface area (Å²) in [4.78, 5) is 30.9. The normalized spacial score (nSPS) is 15.6. The summed E-state index contributed by atoms with van der Waals surface area (Å²) in [7, 11) is 0. The van der Waals surface area contributed by atoms with Gasteiger partial charge in [0.1, 0.15) is 5.82 Å². The number of imidazole rings is 1. The molecule has 0 saturated carbocycles. The maximum Gasteiger partial charge on any atom is 0.416 e. The van der Waals surface area contributed by atoms with E-state index in [2.05, 4.69) is 4.98 Å². The van der Waals surface area contributed by atoms with Crippen LogP contribution in [0.15, 0.2) is 67.0 Å². The van der Waals surface area contributed by atoms with Gasteiger partial charge in [0, 0.05) is 50.4 Å². The number of aromatic nitrogens is 2. The van der Waals surface area contributed by atoms with E-state index in [-0.39, 0.29) is 23.9 Å². The summed E-state index contributed by atoms with van der Waals surface area (Å²) in [6, 6.07) is 14.4. The number of nitrogens with zero attached hydrogens (tertiary/aromatic N) is 3. The summed E-state index contributed by atoms with van der Waals surface area (Å²) in [6.45, 7) is 2.19. The van der Waals surface area contributed by atoms with E-state index in [1.54, 1.807) is 52.2 Å². The molecule has 2 heterocycles. The van der Waals surface area contributed by atoms with Gasteiger partial charge in [-0.1, -0.05) is 48.5 Å². The van der Waals surface area contributed by atoms with Gasteiger partial charge < -0.3 is 14.2 Å². The van der Waals surface area contributed by atoms with Crippen LogP contribution in [0.1, 0.15) is 54.3 Å². The van der Waals surface area contributed by atoms with Gasteiger partial charge in [0.25, 0.3) is 5.91 Å². The Morgan fingerprint density at radius 2 is 1.71 bits per heavy atom. The molecule has 9 heteroatoms. The van der Waals surface area contributed by atoms with Crippen LogP contribution in [0.2, 0.25) is 0 Å². The van der Waals surface area contributed by atoms with Crippen molar-refractivity contribution in [3.8, 4) is 0 Å². The summed E-state index contributed by atoms with van der Waals surface area (Å²) in [5.41, 5.74) is 0.130. The molecule has 35 heavy (non-hydrogen) atoms. The number of carbonyl (C=O) groups excluding carboxylic acids is 2. The minimum absolute atomic E-state index is 0.00370. The fraction of sp³-hybridized carbons (Fsp3) is 0.346. The molecule has 1 aliphatic heterocycles. The monoisotopic (exact) mass is 485 g/mol. The number of esters is 1. The van der Waals surface area contributed by atoms with E-state index < -0.39 is 23.8 Å². The van der Waals surface area contributed by atoms with Crippen molar-refractivity contribution in [2.24, 2.45) is 0 Å². The maximum atomic E-state index is 13.4. The molecular weight excluding hydrogens is 459 g/mol. The molecular formula is C26H26F3N3O3. The van der Waals surface area contributed by atoms with E-state index in [0.717, 1.165) is 6.07 Å². The fourth-order valence-electron chi connectivity index (χ4n) is 4.51. The molecule has 1 saturated heterocycles. The van der Waals surface area contributed by atoms with Crippen LogP contribution in [0.5, 0.6) is 0 Å². The van der Waals surface area contributed by atoms with Crippen molar-refractivity contribution in [3.63, 3.8) is 0 Å². The zero-order valence-corrected chi connectivity index (χ0v) is 19.2. The number of amides is 1. The van der Waals surface area contributed by atoms with Crippen molar-refractivity contribution < 1.29 is 27.5 Å². The highest BCUT2D eigenvalue weighted by molar-refractivity contribution is 5.84. The van der Waals surface area contributed by atoms with Gasteiger partial charge in [0.15, 0.2) is 0 Å². The van der Waals surface area contributed by atoms with Gasteiger partial charge in [-0.25, -0.2) is 4.98 Å². The van der Waals surface area contributed by atoms with Crippen LogP contribution in [0.25, 0.3) is 0 Å². The van der Waals surface area contributed by atoms with Crippen molar-refractivity contribution in [1.29, 1.82) is 0 Å². The Balaban J connectivity index is 1.45. The van der Waals surface area contributed by atoms with Crippen LogP contribution in [-0.4, -0.2) is 39.4 Å². The number of rotatable bonds is 6. The summed E-state index contributed by atoms with van der Waals surface area (Å²) in [5.74, 6) is -0.125. The van der Waals surface area contributed by atoms with Gasteiger partial charge in [-0.15, -0.1) is 0 Å². The van der Waals surface area contributed by atoms with Crippen LogP contribution in [0.3, 0.4) is 0 Å². The molecule has 4 rings (SSSR count). The number of alkyl halides is 3. The first-order chi connectivity index (χ1) is 16.7. The summed E-state index contributed by atoms with van der Waals surface area (Å²) < 4.78 is 47.4. The molecule has 1 aliphatic rings. The second-order valence-electron chi connectivity index (χ2n) is 8.57. The number of carbonyl (C=O) groups is 2. The number of piperidine rings is 1. The highest BCUT2D eigenvalue weighted by atomic mass is 19.4. The Hall–Kier alpha value is -3.62. The van der Waals surface area contributed by atoms with Crippen molar-refractivity contribution in [2.75, 3.05) is 13.1 Å². The van der Waals surface area contributed by atoms with E-state index >= 15 is 0 Å². The highest BCUT2D eigenvalue weighted by Gasteiger charge is 2.34. The Labute approximate surface area is 201 Å². The molecule has 1 fully saturated rings. The number of hydrogen-bond donors (Lipinski definition) is 0. The standard InChI is InChI=1S/C26H26F3N3O3/c1-18(33)35-23(19-7-3-2-4-8-19)25(34)31-14-11-20(12-15-31)24-30-13-16-32(24)17-21-9-5-6-10-22(21)26(27,28)29/h2-10,13,16,20,23H,11-12,14-15,17H2,1H3. The molecule has 6 nitrogen and oxygen atoms in total. The van der Waals surface area contributed by atoms with Gasteiger partial charge in [0.2, 0.25) is 6.10 Å². The average Bonchev–Trinajstić information content (AvgIpc) is 3.30. The predicted molar refractivity (Wildman–Crippen MR) is 122 cm³/mol. The molecule has 1 aromatic heterocycles. The Morgan fingerprint density at radius 1 is 1.06 bits per heavy atom. The van der Waals surface area contributed by atoms with Crippen LogP contribution in [-0.2, 0) is 27.0 Å². The lowest BCUT2D eigenvalue weighted by atomic mass is 9.95. The third kappa shape index (κ3) is 5.72. The molecule has 0 N–H and O–H groups in total. The quantitative estimate of drug-likeness (QED) is 0.463. The van der Waals surface area contributed by atoms with Crippen molar-refractivity contribution in [2.45, 2.75) is 44.5 Å². The third-order valence-corrected chi connectivity index (χ3v) is 6.19. The summed E-state index contributed by atoms with van der Waals surface area (Å²) in [5, 5.41) is 0. The highest BCUT2D eigenvalue weighted by Crippen LogP contribution is 2.34. The largest absolute Gasteiger partial charge is 0.447 e. The molecule has 0 spiro atoms. The maximum absolute atomic E-state index is 13.4. The van der Waals surface area contributed by atoms with Gasteiger partial charge in [0.05, 0.1) is 5.56 Å². The van der Waals surface area contributed by atoms with Gasteiger partial charge in [-0.3, -0.25) is 9.59 Å². The van der Waals surface area contributed by atoms with E-state index in [1.165, 1.54) is 19.1 Å². The molecule has 1 amide bonds. The van der Waals surface area contributed by atoms with Crippen LogP contribution in [0, 0.1) is 0 Å². The topological polar surface area (TPSA) is 64.4 Å². The lowest BCUT2D eigenvalue weighted by Gasteiger charge is -2.34. The van der Waals surface area contributed by atoms with Gasteiger partial charge >= 0.3 is 12.1 Å². The van der Waals surface area contributed by atoms with Crippen molar-refractivity contribution in [1.82, 2.24) is 14.5 Å². The predicted octanol–water partition coefficient (Wildman–Crippen LogP) is 4.96. The Bertz CT molecular complexity index is 1170. The first-order valence-electron chi connectivity index (χ1n) is 11.4.